The van der Waals surface area contributed by atoms with E-state index >= 15 is 0 Å². The minimum absolute atomic E-state index is 0.265. The van der Waals surface area contributed by atoms with E-state index in [1.807, 2.05) is 20.8 Å². The Morgan fingerprint density at radius 2 is 1.87 bits per heavy atom. The van der Waals surface area contributed by atoms with E-state index in [0.717, 1.165) is 23.4 Å². The molecule has 2 N–H and O–H groups in total. The number of rotatable bonds is 4. The number of hydrogen-bond acceptors (Lipinski definition) is 6. The average Bonchev–Trinajstić information content (AvgIpc) is 3.38. The highest BCUT2D eigenvalue weighted by atomic mass is 16.2. The van der Waals surface area contributed by atoms with E-state index in [2.05, 4.69) is 25.7 Å². The third-order valence-electron chi connectivity index (χ3n) is 5.49. The number of hydrogen-bond donors (Lipinski definition) is 2. The maximum atomic E-state index is 12.8. The van der Waals surface area contributed by atoms with Gasteiger partial charge in [-0.05, 0) is 18.9 Å². The lowest BCUT2D eigenvalue weighted by Crippen LogP contribution is -2.44. The normalized spacial score (nSPS) is 18.2. The van der Waals surface area contributed by atoms with Crippen LogP contribution in [0, 0.1) is 0 Å². The Balaban J connectivity index is 1.55. The van der Waals surface area contributed by atoms with Gasteiger partial charge in [0.2, 0.25) is 5.91 Å². The molecule has 2 aromatic heterocycles. The van der Waals surface area contributed by atoms with Gasteiger partial charge in [0.05, 0.1) is 5.69 Å². The number of imide groups is 1. The van der Waals surface area contributed by atoms with Gasteiger partial charge in [0.25, 0.3) is 11.9 Å². The van der Waals surface area contributed by atoms with E-state index in [1.165, 1.54) is 4.68 Å². The van der Waals surface area contributed by atoms with Gasteiger partial charge in [0.1, 0.15) is 17.9 Å². The van der Waals surface area contributed by atoms with Crippen LogP contribution < -0.4 is 10.6 Å². The summed E-state index contributed by atoms with van der Waals surface area (Å²) in [5, 5.41) is 10.1. The average molecular weight is 411 g/mol. The molecule has 0 bridgehead atoms. The summed E-state index contributed by atoms with van der Waals surface area (Å²) in [6.45, 7) is 5.65. The number of aromatic nitrogens is 4. The van der Waals surface area contributed by atoms with Crippen molar-refractivity contribution in [2.75, 3.05) is 11.9 Å². The van der Waals surface area contributed by atoms with E-state index in [4.69, 9.17) is 0 Å². The molecule has 2 fully saturated rings. The van der Waals surface area contributed by atoms with Gasteiger partial charge in [0, 0.05) is 23.9 Å². The number of urea groups is 1. The Hall–Kier alpha value is -3.30. The lowest BCUT2D eigenvalue weighted by atomic mass is 9.92. The summed E-state index contributed by atoms with van der Waals surface area (Å²) in [7, 11) is 0. The molecule has 1 spiro atoms. The summed E-state index contributed by atoms with van der Waals surface area (Å²) >= 11 is 0. The highest BCUT2D eigenvalue weighted by Crippen LogP contribution is 2.35. The minimum Gasteiger partial charge on any atom is -0.323 e. The van der Waals surface area contributed by atoms with Crippen LogP contribution in [0.2, 0.25) is 0 Å². The molecule has 158 valence electrons. The second kappa shape index (κ2) is 7.19. The maximum Gasteiger partial charge on any atom is 0.325 e. The molecule has 1 saturated heterocycles. The number of amides is 4. The predicted molar refractivity (Wildman–Crippen MR) is 108 cm³/mol. The fourth-order valence-electron chi connectivity index (χ4n) is 3.85. The molecule has 3 heterocycles. The van der Waals surface area contributed by atoms with Gasteiger partial charge < -0.3 is 10.6 Å². The highest BCUT2D eigenvalue weighted by Gasteiger charge is 2.52. The Morgan fingerprint density at radius 1 is 1.20 bits per heavy atom. The first-order chi connectivity index (χ1) is 14.2. The molecule has 1 aliphatic carbocycles. The first-order valence-corrected chi connectivity index (χ1v) is 10.0. The summed E-state index contributed by atoms with van der Waals surface area (Å²) in [5.74, 6) is -0.136. The van der Waals surface area contributed by atoms with Crippen LogP contribution in [0.25, 0.3) is 5.95 Å². The third-order valence-corrected chi connectivity index (χ3v) is 5.49. The Kier molecular flexibility index (Phi) is 4.79. The van der Waals surface area contributed by atoms with E-state index in [1.54, 1.807) is 24.5 Å². The number of anilines is 1. The third kappa shape index (κ3) is 3.53. The van der Waals surface area contributed by atoms with Crippen LogP contribution in [0.15, 0.2) is 24.5 Å². The quantitative estimate of drug-likeness (QED) is 0.740. The van der Waals surface area contributed by atoms with E-state index in [-0.39, 0.29) is 17.9 Å². The monoisotopic (exact) mass is 411 g/mol. The van der Waals surface area contributed by atoms with Crippen LogP contribution >= 0.6 is 0 Å². The Morgan fingerprint density at radius 3 is 2.50 bits per heavy atom. The van der Waals surface area contributed by atoms with Crippen LogP contribution in [-0.4, -0.2) is 54.6 Å². The Labute approximate surface area is 174 Å². The number of nitrogens with zero attached hydrogens (tertiary/aromatic N) is 5. The zero-order chi connectivity index (χ0) is 21.5. The molecular weight excluding hydrogens is 386 g/mol. The summed E-state index contributed by atoms with van der Waals surface area (Å²) in [5.41, 5.74) is -0.361. The number of carbonyl (C=O) groups excluding carboxylic acids is 3. The summed E-state index contributed by atoms with van der Waals surface area (Å²) in [4.78, 5) is 47.2. The van der Waals surface area contributed by atoms with Crippen molar-refractivity contribution in [2.24, 2.45) is 0 Å². The molecule has 1 saturated carbocycles. The Bertz CT molecular complexity index is 988. The second-order valence-corrected chi connectivity index (χ2v) is 8.78. The first kappa shape index (κ1) is 20.0. The fourth-order valence-corrected chi connectivity index (χ4v) is 3.85. The molecule has 10 nitrogen and oxygen atoms in total. The minimum atomic E-state index is -0.837. The molecular formula is C20H25N7O3. The van der Waals surface area contributed by atoms with Crippen LogP contribution in [0.5, 0.6) is 0 Å². The largest absolute Gasteiger partial charge is 0.325 e. The van der Waals surface area contributed by atoms with Gasteiger partial charge >= 0.3 is 6.03 Å². The van der Waals surface area contributed by atoms with Crippen molar-refractivity contribution in [3.63, 3.8) is 0 Å². The van der Waals surface area contributed by atoms with Crippen molar-refractivity contribution >= 4 is 23.7 Å². The fraction of sp³-hybridized carbons (Fsp3) is 0.500. The van der Waals surface area contributed by atoms with Crippen LogP contribution in [0.1, 0.15) is 52.1 Å². The van der Waals surface area contributed by atoms with E-state index < -0.39 is 17.5 Å². The number of carbonyl (C=O) groups is 3. The molecule has 0 unspecified atom stereocenters. The maximum absolute atomic E-state index is 12.8. The lowest BCUT2D eigenvalue weighted by Gasteiger charge is -2.19. The molecule has 10 heteroatoms. The summed E-state index contributed by atoms with van der Waals surface area (Å²) in [6, 6.07) is 2.91. The highest BCUT2D eigenvalue weighted by molar-refractivity contribution is 6.10. The van der Waals surface area contributed by atoms with Crippen molar-refractivity contribution < 1.29 is 14.4 Å². The molecule has 2 aliphatic rings. The van der Waals surface area contributed by atoms with Crippen molar-refractivity contribution in [3.8, 4) is 5.95 Å². The van der Waals surface area contributed by atoms with Crippen molar-refractivity contribution in [1.29, 1.82) is 0 Å². The molecule has 30 heavy (non-hydrogen) atoms. The standard InChI is InChI=1S/C20H25N7O3/c1-19(2,3)13-11-14(27(25-13)17-21-9-6-10-22-17)23-15(28)12-26-16(29)20(24-18(26)30)7-4-5-8-20/h6,9-11H,4-5,7-8,12H2,1-3H3,(H,23,28)(H,24,30). The summed E-state index contributed by atoms with van der Waals surface area (Å²) in [6.07, 6.45) is 6.17. The van der Waals surface area contributed by atoms with E-state index in [9.17, 15) is 14.4 Å². The molecule has 4 rings (SSSR count). The lowest BCUT2D eigenvalue weighted by molar-refractivity contribution is -0.133. The van der Waals surface area contributed by atoms with E-state index in [0.29, 0.717) is 24.6 Å². The molecule has 0 atom stereocenters. The zero-order valence-electron chi connectivity index (χ0n) is 17.3. The van der Waals surface area contributed by atoms with Gasteiger partial charge in [-0.3, -0.25) is 14.5 Å². The number of nitrogens with one attached hydrogen (secondary N) is 2. The SMILES string of the molecule is CC(C)(C)c1cc(NC(=O)CN2C(=O)NC3(CCCC3)C2=O)n(-c2ncccn2)n1. The van der Waals surface area contributed by atoms with Crippen molar-refractivity contribution in [3.05, 3.63) is 30.2 Å². The second-order valence-electron chi connectivity index (χ2n) is 8.78. The van der Waals surface area contributed by atoms with Crippen molar-refractivity contribution in [1.82, 2.24) is 30.0 Å². The summed E-state index contributed by atoms with van der Waals surface area (Å²) < 4.78 is 1.45. The molecule has 2 aromatic rings. The van der Waals surface area contributed by atoms with Gasteiger partial charge in [-0.2, -0.15) is 9.78 Å². The molecule has 0 aromatic carbocycles. The van der Waals surface area contributed by atoms with Crippen molar-refractivity contribution in [2.45, 2.75) is 57.4 Å². The molecule has 0 radical (unpaired) electrons. The van der Waals surface area contributed by atoms with Gasteiger partial charge in [-0.1, -0.05) is 33.6 Å². The first-order valence-electron chi connectivity index (χ1n) is 10.0. The topological polar surface area (TPSA) is 122 Å². The van der Waals surface area contributed by atoms with Gasteiger partial charge in [-0.15, -0.1) is 0 Å². The van der Waals surface area contributed by atoms with Crippen LogP contribution in [0.3, 0.4) is 0 Å². The molecule has 1 aliphatic heterocycles. The van der Waals surface area contributed by atoms with Crippen LogP contribution in [0.4, 0.5) is 10.6 Å². The zero-order valence-corrected chi connectivity index (χ0v) is 17.3. The van der Waals surface area contributed by atoms with Gasteiger partial charge in [0.15, 0.2) is 0 Å². The van der Waals surface area contributed by atoms with Crippen LogP contribution in [-0.2, 0) is 15.0 Å². The molecule has 4 amide bonds. The van der Waals surface area contributed by atoms with Gasteiger partial charge in [-0.25, -0.2) is 14.8 Å². The predicted octanol–water partition coefficient (Wildman–Crippen LogP) is 1.76. The smallest absolute Gasteiger partial charge is 0.323 e.